The van der Waals surface area contributed by atoms with Crippen LogP contribution in [0.15, 0.2) is 35.7 Å². The van der Waals surface area contributed by atoms with Gasteiger partial charge in [0.25, 0.3) is 0 Å². The van der Waals surface area contributed by atoms with E-state index in [4.69, 9.17) is 9.47 Å². The summed E-state index contributed by atoms with van der Waals surface area (Å²) < 4.78 is 10.7. The van der Waals surface area contributed by atoms with Crippen molar-refractivity contribution in [3.8, 4) is 5.75 Å². The van der Waals surface area contributed by atoms with Crippen LogP contribution in [0.25, 0.3) is 0 Å². The summed E-state index contributed by atoms with van der Waals surface area (Å²) in [6.45, 7) is 3.90. The van der Waals surface area contributed by atoms with Gasteiger partial charge in [-0.05, 0) is 31.5 Å². The van der Waals surface area contributed by atoms with Crippen molar-refractivity contribution < 1.29 is 19.2 Å². The number of thiophene rings is 1. The van der Waals surface area contributed by atoms with E-state index in [0.717, 1.165) is 16.9 Å². The van der Waals surface area contributed by atoms with Gasteiger partial charge in [-0.25, -0.2) is 0 Å². The predicted molar refractivity (Wildman–Crippen MR) is 86.7 cm³/mol. The molecule has 1 aromatic carbocycles. The van der Waals surface area contributed by atoms with Gasteiger partial charge in [-0.2, -0.15) is 0 Å². The summed E-state index contributed by atoms with van der Waals surface area (Å²) in [6, 6.07) is 8.69. The zero-order chi connectivity index (χ0) is 16.8. The lowest BCUT2D eigenvalue weighted by Gasteiger charge is -2.10. The van der Waals surface area contributed by atoms with E-state index in [2.05, 4.69) is 0 Å². The number of rotatable bonds is 7. The fraction of sp³-hybridized carbons (Fsp3) is 0.312. The fourth-order valence-corrected chi connectivity index (χ4v) is 2.63. The van der Waals surface area contributed by atoms with Gasteiger partial charge in [0.05, 0.1) is 17.4 Å². The van der Waals surface area contributed by atoms with Gasteiger partial charge in [-0.3, -0.25) is 14.9 Å². The molecule has 0 aliphatic heterocycles. The van der Waals surface area contributed by atoms with E-state index in [1.165, 1.54) is 6.07 Å². The van der Waals surface area contributed by atoms with Crippen molar-refractivity contribution >= 4 is 22.3 Å². The maximum absolute atomic E-state index is 11.9. The van der Waals surface area contributed by atoms with E-state index >= 15 is 0 Å². The number of ether oxygens (including phenoxy) is 2. The second-order valence-corrected chi connectivity index (χ2v) is 6.09. The summed E-state index contributed by atoms with van der Waals surface area (Å²) in [5, 5.41) is 12.2. The van der Waals surface area contributed by atoms with Crippen LogP contribution < -0.4 is 4.74 Å². The molecule has 0 bridgehead atoms. The van der Waals surface area contributed by atoms with E-state index in [0.29, 0.717) is 11.3 Å². The minimum absolute atomic E-state index is 0.0331. The van der Waals surface area contributed by atoms with E-state index < -0.39 is 4.92 Å². The first-order chi connectivity index (χ1) is 10.9. The number of carbonyl (C=O) groups is 1. The molecular formula is C16H17NO5S. The normalized spacial score (nSPS) is 10.6. The average molecular weight is 335 g/mol. The molecule has 0 saturated carbocycles. The summed E-state index contributed by atoms with van der Waals surface area (Å²) in [6.07, 6.45) is 0.188. The Kier molecular flexibility index (Phi) is 5.70. The third kappa shape index (κ3) is 5.37. The van der Waals surface area contributed by atoms with Crippen molar-refractivity contribution in [2.45, 2.75) is 33.0 Å². The third-order valence-corrected chi connectivity index (χ3v) is 3.77. The molecule has 0 spiro atoms. The number of hydrogen-bond donors (Lipinski definition) is 0. The Hall–Kier alpha value is -2.41. The molecule has 6 nitrogen and oxygen atoms in total. The molecule has 2 aromatic rings. The molecule has 1 heterocycles. The molecule has 7 heteroatoms. The zero-order valence-corrected chi connectivity index (χ0v) is 13.7. The van der Waals surface area contributed by atoms with Crippen LogP contribution in [0.3, 0.4) is 0 Å². The summed E-state index contributed by atoms with van der Waals surface area (Å²) in [7, 11) is 0. The highest BCUT2D eigenvalue weighted by Gasteiger charge is 2.12. The van der Waals surface area contributed by atoms with Gasteiger partial charge in [0.1, 0.15) is 12.4 Å². The molecule has 0 atom stereocenters. The molecule has 2 rings (SSSR count). The van der Waals surface area contributed by atoms with Gasteiger partial charge < -0.3 is 9.47 Å². The lowest BCUT2D eigenvalue weighted by atomic mass is 10.1. The Morgan fingerprint density at radius 2 is 2.09 bits per heavy atom. The first kappa shape index (κ1) is 17.0. The topological polar surface area (TPSA) is 78.7 Å². The highest BCUT2D eigenvalue weighted by molar-refractivity contribution is 7.13. The Labute approximate surface area is 137 Å². The predicted octanol–water partition coefficient (Wildman–Crippen LogP) is 3.73. The van der Waals surface area contributed by atoms with E-state index in [-0.39, 0.29) is 30.1 Å². The second kappa shape index (κ2) is 7.73. The van der Waals surface area contributed by atoms with Crippen molar-refractivity contribution in [1.82, 2.24) is 0 Å². The summed E-state index contributed by atoms with van der Waals surface area (Å²) >= 11 is 1.01. The largest absolute Gasteiger partial charge is 0.491 e. The van der Waals surface area contributed by atoms with Gasteiger partial charge in [0.15, 0.2) is 0 Å². The Morgan fingerprint density at radius 3 is 2.74 bits per heavy atom. The SMILES string of the molecule is CC(C)Oc1cccc(CC(=O)OCc2csc([N+](=O)[O-])c2)c1. The molecule has 0 aliphatic carbocycles. The molecular weight excluding hydrogens is 318 g/mol. The summed E-state index contributed by atoms with van der Waals surface area (Å²) in [4.78, 5) is 22.0. The lowest BCUT2D eigenvalue weighted by Crippen LogP contribution is -2.09. The van der Waals surface area contributed by atoms with Gasteiger partial charge in [-0.15, -0.1) is 0 Å². The van der Waals surface area contributed by atoms with Crippen LogP contribution >= 0.6 is 11.3 Å². The van der Waals surface area contributed by atoms with Crippen LogP contribution in [0.2, 0.25) is 0 Å². The van der Waals surface area contributed by atoms with Crippen LogP contribution in [-0.2, 0) is 22.6 Å². The Balaban J connectivity index is 1.87. The van der Waals surface area contributed by atoms with Crippen LogP contribution in [0.4, 0.5) is 5.00 Å². The lowest BCUT2D eigenvalue weighted by molar-refractivity contribution is -0.380. The monoisotopic (exact) mass is 335 g/mol. The number of nitrogens with zero attached hydrogens (tertiary/aromatic N) is 1. The minimum Gasteiger partial charge on any atom is -0.491 e. The quantitative estimate of drug-likeness (QED) is 0.437. The molecule has 0 fully saturated rings. The van der Waals surface area contributed by atoms with Crippen LogP contribution in [0.1, 0.15) is 25.0 Å². The number of carbonyl (C=O) groups excluding carboxylic acids is 1. The zero-order valence-electron chi connectivity index (χ0n) is 12.9. The van der Waals surface area contributed by atoms with Crippen molar-refractivity contribution in [3.63, 3.8) is 0 Å². The maximum atomic E-state index is 11.9. The van der Waals surface area contributed by atoms with E-state index in [1.807, 2.05) is 32.0 Å². The van der Waals surface area contributed by atoms with Crippen molar-refractivity contribution in [3.05, 3.63) is 57.0 Å². The maximum Gasteiger partial charge on any atom is 0.324 e. The number of benzene rings is 1. The first-order valence-electron chi connectivity index (χ1n) is 7.07. The molecule has 0 radical (unpaired) electrons. The van der Waals surface area contributed by atoms with Crippen molar-refractivity contribution in [2.24, 2.45) is 0 Å². The third-order valence-electron chi connectivity index (χ3n) is 2.84. The molecule has 0 unspecified atom stereocenters. The van der Waals surface area contributed by atoms with Crippen molar-refractivity contribution in [2.75, 3.05) is 0 Å². The van der Waals surface area contributed by atoms with Crippen LogP contribution in [-0.4, -0.2) is 17.0 Å². The Bertz CT molecular complexity index is 695. The molecule has 0 aliphatic rings. The summed E-state index contributed by atoms with van der Waals surface area (Å²) in [5.74, 6) is 0.319. The summed E-state index contributed by atoms with van der Waals surface area (Å²) in [5.41, 5.74) is 1.41. The highest BCUT2D eigenvalue weighted by Crippen LogP contribution is 2.23. The average Bonchev–Trinajstić information content (AvgIpc) is 2.94. The highest BCUT2D eigenvalue weighted by atomic mass is 32.1. The standard InChI is InChI=1S/C16H17NO5S/c1-11(2)22-14-5-3-4-12(6-14)8-16(18)21-9-13-7-15(17(19)20)23-10-13/h3-7,10-11H,8-9H2,1-2H3. The van der Waals surface area contributed by atoms with E-state index in [9.17, 15) is 14.9 Å². The first-order valence-corrected chi connectivity index (χ1v) is 7.95. The van der Waals surface area contributed by atoms with Gasteiger partial charge >= 0.3 is 11.0 Å². The van der Waals surface area contributed by atoms with Gasteiger partial charge in [0, 0.05) is 17.0 Å². The molecule has 0 N–H and O–H groups in total. The molecule has 1 aromatic heterocycles. The molecule has 0 amide bonds. The van der Waals surface area contributed by atoms with Crippen molar-refractivity contribution in [1.29, 1.82) is 0 Å². The minimum atomic E-state index is -0.462. The molecule has 23 heavy (non-hydrogen) atoms. The molecule has 0 saturated heterocycles. The second-order valence-electron chi connectivity index (χ2n) is 5.20. The number of hydrogen-bond acceptors (Lipinski definition) is 6. The number of nitro groups is 1. The smallest absolute Gasteiger partial charge is 0.324 e. The number of esters is 1. The molecule has 122 valence electrons. The Morgan fingerprint density at radius 1 is 1.30 bits per heavy atom. The van der Waals surface area contributed by atoms with Gasteiger partial charge in [0.2, 0.25) is 0 Å². The van der Waals surface area contributed by atoms with Gasteiger partial charge in [-0.1, -0.05) is 23.5 Å². The fourth-order valence-electron chi connectivity index (χ4n) is 1.92. The van der Waals surface area contributed by atoms with Crippen LogP contribution in [0.5, 0.6) is 5.75 Å². The van der Waals surface area contributed by atoms with E-state index in [1.54, 1.807) is 11.4 Å². The van der Waals surface area contributed by atoms with Crippen LogP contribution in [0, 0.1) is 10.1 Å².